The van der Waals surface area contributed by atoms with Gasteiger partial charge in [0.25, 0.3) is 5.91 Å². The zero-order valence-corrected chi connectivity index (χ0v) is 22.6. The van der Waals surface area contributed by atoms with Crippen LogP contribution in [0.1, 0.15) is 46.6 Å². The summed E-state index contributed by atoms with van der Waals surface area (Å²) in [6.07, 6.45) is 6.11. The Balaban J connectivity index is 1.50. The molecule has 39 heavy (non-hydrogen) atoms. The molecule has 1 atom stereocenters. The average molecular weight is 531 g/mol. The summed E-state index contributed by atoms with van der Waals surface area (Å²) in [4.78, 5) is 31.0. The topological polar surface area (TPSA) is 112 Å². The van der Waals surface area contributed by atoms with Crippen LogP contribution in [0.25, 0.3) is 11.0 Å². The molecule has 0 spiro atoms. The Kier molecular flexibility index (Phi) is 7.92. The summed E-state index contributed by atoms with van der Waals surface area (Å²) < 4.78 is 14.5. The number of nitrogens with one attached hydrogen (secondary N) is 2. The zero-order valence-electron chi connectivity index (χ0n) is 22.6. The Morgan fingerprint density at radius 3 is 2.72 bits per heavy atom. The molecular formula is C29H34N6O4. The second kappa shape index (κ2) is 11.7. The fourth-order valence-electron chi connectivity index (χ4n) is 4.96. The van der Waals surface area contributed by atoms with Gasteiger partial charge < -0.3 is 24.7 Å². The van der Waals surface area contributed by atoms with Crippen LogP contribution in [-0.4, -0.2) is 51.0 Å². The van der Waals surface area contributed by atoms with Crippen molar-refractivity contribution in [2.75, 3.05) is 24.4 Å². The third-order valence-electron chi connectivity index (χ3n) is 7.26. The first-order chi connectivity index (χ1) is 19.0. The second-order valence-corrected chi connectivity index (χ2v) is 9.77. The number of pyridine rings is 1. The highest BCUT2D eigenvalue weighted by molar-refractivity contribution is 6.12. The molecule has 1 aliphatic heterocycles. The smallest absolute Gasteiger partial charge is 0.356 e. The van der Waals surface area contributed by atoms with E-state index in [0.29, 0.717) is 42.8 Å². The van der Waals surface area contributed by atoms with Gasteiger partial charge in [0.1, 0.15) is 11.8 Å². The molecule has 4 heterocycles. The van der Waals surface area contributed by atoms with Crippen molar-refractivity contribution in [3.63, 3.8) is 0 Å². The lowest BCUT2D eigenvalue weighted by Crippen LogP contribution is -2.28. The van der Waals surface area contributed by atoms with Gasteiger partial charge in [0.2, 0.25) is 0 Å². The molecule has 0 bridgehead atoms. The standard InChI is InChI=1S/C29H34N6O4/c1-19-21(17-32-34(19)2)16-30-22-15-23-25(33-28(36)24-12-8-14-39-24)26(29(37)38-3)35(27(23)31-18-22)13-7-11-20-9-5-4-6-10-20/h4-6,9-10,15,17-18,24,30H,7-8,11-14,16H2,1-3H3,(H,33,36). The first kappa shape index (κ1) is 26.4. The summed E-state index contributed by atoms with van der Waals surface area (Å²) in [5, 5.41) is 11.4. The van der Waals surface area contributed by atoms with Crippen LogP contribution in [0.4, 0.5) is 11.4 Å². The zero-order chi connectivity index (χ0) is 27.4. The summed E-state index contributed by atoms with van der Waals surface area (Å²) in [5.74, 6) is -0.804. The molecule has 204 valence electrons. The number of rotatable bonds is 10. The number of aryl methyl sites for hydroxylation is 3. The minimum atomic E-state index is -0.546. The monoisotopic (exact) mass is 530 g/mol. The summed E-state index contributed by atoms with van der Waals surface area (Å²) in [5.41, 5.74) is 5.39. The van der Waals surface area contributed by atoms with Gasteiger partial charge in [0.05, 0.1) is 30.9 Å². The van der Waals surface area contributed by atoms with Gasteiger partial charge >= 0.3 is 5.97 Å². The van der Waals surface area contributed by atoms with Crippen LogP contribution in [-0.2, 0) is 40.8 Å². The molecule has 2 N–H and O–H groups in total. The second-order valence-electron chi connectivity index (χ2n) is 9.77. The minimum absolute atomic E-state index is 0.273. The Bertz CT molecular complexity index is 1470. The lowest BCUT2D eigenvalue weighted by molar-refractivity contribution is -0.124. The number of benzene rings is 1. The van der Waals surface area contributed by atoms with Crippen LogP contribution in [0.15, 0.2) is 48.8 Å². The van der Waals surface area contributed by atoms with Gasteiger partial charge in [0.15, 0.2) is 5.69 Å². The average Bonchev–Trinajstić information content (AvgIpc) is 3.68. The van der Waals surface area contributed by atoms with Gasteiger partial charge in [-0.05, 0) is 44.2 Å². The van der Waals surface area contributed by atoms with Crippen LogP contribution >= 0.6 is 0 Å². The Hall–Kier alpha value is -4.18. The van der Waals surface area contributed by atoms with Crippen molar-refractivity contribution < 1.29 is 19.1 Å². The molecule has 1 aromatic carbocycles. The third-order valence-corrected chi connectivity index (χ3v) is 7.26. The van der Waals surface area contributed by atoms with Crippen molar-refractivity contribution >= 4 is 34.3 Å². The molecule has 0 saturated carbocycles. The van der Waals surface area contributed by atoms with Crippen LogP contribution in [0, 0.1) is 6.92 Å². The van der Waals surface area contributed by atoms with E-state index in [0.717, 1.165) is 36.2 Å². The molecule has 1 saturated heterocycles. The lowest BCUT2D eigenvalue weighted by atomic mass is 10.1. The Morgan fingerprint density at radius 2 is 2.03 bits per heavy atom. The first-order valence-corrected chi connectivity index (χ1v) is 13.2. The maximum absolute atomic E-state index is 13.1. The maximum Gasteiger partial charge on any atom is 0.356 e. The van der Waals surface area contributed by atoms with Crippen LogP contribution < -0.4 is 10.6 Å². The molecule has 1 amide bonds. The highest BCUT2D eigenvalue weighted by Gasteiger charge is 2.30. The van der Waals surface area contributed by atoms with Crippen molar-refractivity contribution in [1.29, 1.82) is 0 Å². The molecule has 1 aliphatic rings. The van der Waals surface area contributed by atoms with E-state index in [2.05, 4.69) is 27.9 Å². The quantitative estimate of drug-likeness (QED) is 0.295. The predicted molar refractivity (Wildman–Crippen MR) is 149 cm³/mol. The molecule has 1 fully saturated rings. The largest absolute Gasteiger partial charge is 0.464 e. The van der Waals surface area contributed by atoms with E-state index in [4.69, 9.17) is 14.5 Å². The van der Waals surface area contributed by atoms with Gasteiger partial charge in [-0.3, -0.25) is 9.48 Å². The molecule has 1 unspecified atom stereocenters. The number of hydrogen-bond acceptors (Lipinski definition) is 7. The molecule has 4 aromatic rings. The van der Waals surface area contributed by atoms with E-state index in [9.17, 15) is 9.59 Å². The number of ether oxygens (including phenoxy) is 2. The summed E-state index contributed by atoms with van der Waals surface area (Å²) >= 11 is 0. The number of carbonyl (C=O) groups excluding carboxylic acids is 2. The van der Waals surface area contributed by atoms with Gasteiger partial charge in [-0.1, -0.05) is 30.3 Å². The van der Waals surface area contributed by atoms with E-state index < -0.39 is 12.1 Å². The van der Waals surface area contributed by atoms with Crippen LogP contribution in [0.2, 0.25) is 0 Å². The molecule has 0 radical (unpaired) electrons. The Morgan fingerprint density at radius 1 is 1.21 bits per heavy atom. The number of amides is 1. The molecular weight excluding hydrogens is 496 g/mol. The van der Waals surface area contributed by atoms with Crippen molar-refractivity contribution in [2.24, 2.45) is 7.05 Å². The van der Waals surface area contributed by atoms with Crippen LogP contribution in [0.3, 0.4) is 0 Å². The van der Waals surface area contributed by atoms with Gasteiger partial charge in [-0.25, -0.2) is 9.78 Å². The summed E-state index contributed by atoms with van der Waals surface area (Å²) in [6, 6.07) is 12.1. The number of carbonyl (C=O) groups is 2. The molecule has 5 rings (SSSR count). The fourth-order valence-corrected chi connectivity index (χ4v) is 4.96. The highest BCUT2D eigenvalue weighted by atomic mass is 16.5. The normalized spacial score (nSPS) is 15.0. The predicted octanol–water partition coefficient (Wildman–Crippen LogP) is 4.23. The van der Waals surface area contributed by atoms with E-state index in [1.54, 1.807) is 6.20 Å². The summed E-state index contributed by atoms with van der Waals surface area (Å²) in [6.45, 7) is 3.65. The number of hydrogen-bond donors (Lipinski definition) is 2. The molecule has 10 nitrogen and oxygen atoms in total. The minimum Gasteiger partial charge on any atom is -0.464 e. The number of esters is 1. The number of aromatic nitrogens is 4. The number of nitrogens with zero attached hydrogens (tertiary/aromatic N) is 4. The molecule has 10 heteroatoms. The van der Waals surface area contributed by atoms with Crippen LogP contribution in [0.5, 0.6) is 0 Å². The van der Waals surface area contributed by atoms with Crippen molar-refractivity contribution in [1.82, 2.24) is 19.3 Å². The van der Waals surface area contributed by atoms with Crippen molar-refractivity contribution in [3.8, 4) is 0 Å². The number of fused-ring (bicyclic) bond motifs is 1. The van der Waals surface area contributed by atoms with Crippen molar-refractivity contribution in [3.05, 3.63) is 71.3 Å². The molecule has 3 aromatic heterocycles. The van der Waals surface area contributed by atoms with E-state index >= 15 is 0 Å². The fraction of sp³-hybridized carbons (Fsp3) is 0.379. The first-order valence-electron chi connectivity index (χ1n) is 13.2. The van der Waals surface area contributed by atoms with Gasteiger partial charge in [0, 0.05) is 43.4 Å². The maximum atomic E-state index is 13.1. The van der Waals surface area contributed by atoms with Gasteiger partial charge in [-0.2, -0.15) is 5.10 Å². The van der Waals surface area contributed by atoms with E-state index in [1.807, 2.05) is 53.7 Å². The lowest BCUT2D eigenvalue weighted by Gasteiger charge is -2.13. The van der Waals surface area contributed by atoms with E-state index in [1.165, 1.54) is 12.7 Å². The van der Waals surface area contributed by atoms with Gasteiger partial charge in [-0.15, -0.1) is 0 Å². The van der Waals surface area contributed by atoms with E-state index in [-0.39, 0.29) is 11.6 Å². The number of anilines is 2. The van der Waals surface area contributed by atoms with Crippen molar-refractivity contribution in [2.45, 2.75) is 51.8 Å². The number of methoxy groups -OCH3 is 1. The molecule has 0 aliphatic carbocycles. The SMILES string of the molecule is COC(=O)c1c(NC(=O)C2CCCO2)c2cc(NCc3cnn(C)c3C)cnc2n1CCCc1ccccc1. The third kappa shape index (κ3) is 5.65. The Labute approximate surface area is 227 Å². The highest BCUT2D eigenvalue weighted by Crippen LogP contribution is 2.34. The summed E-state index contributed by atoms with van der Waals surface area (Å²) in [7, 11) is 3.25.